The summed E-state index contributed by atoms with van der Waals surface area (Å²) in [5.41, 5.74) is 1.53. The minimum absolute atomic E-state index is 0.0706. The third-order valence-electron chi connectivity index (χ3n) is 2.85. The van der Waals surface area contributed by atoms with E-state index in [0.717, 1.165) is 5.56 Å². The summed E-state index contributed by atoms with van der Waals surface area (Å²) in [6.45, 7) is 1.92. The molecular weight excluding hydrogens is 275 g/mol. The fourth-order valence-corrected chi connectivity index (χ4v) is 2.65. The summed E-state index contributed by atoms with van der Waals surface area (Å²) in [6, 6.07) is 11.9. The van der Waals surface area contributed by atoms with Crippen LogP contribution in [0.4, 0.5) is 4.39 Å². The number of hydrogen-bond donors (Lipinski definition) is 0. The van der Waals surface area contributed by atoms with Gasteiger partial charge in [-0.3, -0.25) is 4.79 Å². The normalized spacial score (nSPS) is 10.3. The van der Waals surface area contributed by atoms with E-state index in [9.17, 15) is 9.18 Å². The van der Waals surface area contributed by atoms with Gasteiger partial charge < -0.3 is 4.74 Å². The Hall–Kier alpha value is -1.81. The van der Waals surface area contributed by atoms with Crippen molar-refractivity contribution in [1.29, 1.82) is 0 Å². The van der Waals surface area contributed by atoms with Crippen molar-refractivity contribution >= 4 is 17.5 Å². The summed E-state index contributed by atoms with van der Waals surface area (Å²) in [4.78, 5) is 12.7. The van der Waals surface area contributed by atoms with Crippen molar-refractivity contribution in [3.63, 3.8) is 0 Å². The topological polar surface area (TPSA) is 26.3 Å². The molecule has 0 aliphatic rings. The molecule has 0 atom stereocenters. The molecule has 0 aliphatic heterocycles. The maximum Gasteiger partial charge on any atom is 0.176 e. The molecule has 2 nitrogen and oxygen atoms in total. The highest BCUT2D eigenvalue weighted by Crippen LogP contribution is 2.25. The van der Waals surface area contributed by atoms with Gasteiger partial charge in [0.15, 0.2) is 5.78 Å². The van der Waals surface area contributed by atoms with Crippen LogP contribution in [0.1, 0.15) is 15.9 Å². The van der Waals surface area contributed by atoms with Gasteiger partial charge >= 0.3 is 0 Å². The van der Waals surface area contributed by atoms with Crippen LogP contribution in [0.3, 0.4) is 0 Å². The van der Waals surface area contributed by atoms with Crippen LogP contribution in [0.25, 0.3) is 0 Å². The highest BCUT2D eigenvalue weighted by molar-refractivity contribution is 8.00. The minimum Gasteiger partial charge on any atom is -0.496 e. The van der Waals surface area contributed by atoms with E-state index >= 15 is 0 Å². The molecule has 0 aliphatic carbocycles. The summed E-state index contributed by atoms with van der Waals surface area (Å²) in [7, 11) is 1.53. The zero-order valence-electron chi connectivity index (χ0n) is 11.4. The zero-order chi connectivity index (χ0) is 14.5. The standard InChI is InChI=1S/C16H15FO2S/c1-11-7-8-15(19-2)12(9-11)14(18)10-20-16-6-4-3-5-13(16)17/h3-9H,10H2,1-2H3. The molecule has 0 spiro atoms. The Balaban J connectivity index is 2.13. The highest BCUT2D eigenvalue weighted by atomic mass is 32.2. The number of carbonyl (C=O) groups is 1. The average Bonchev–Trinajstić information content (AvgIpc) is 2.46. The van der Waals surface area contributed by atoms with Crippen LogP contribution in [0.15, 0.2) is 47.4 Å². The number of ether oxygens (including phenoxy) is 1. The van der Waals surface area contributed by atoms with Crippen LogP contribution in [-0.4, -0.2) is 18.6 Å². The van der Waals surface area contributed by atoms with Crippen molar-refractivity contribution in [2.24, 2.45) is 0 Å². The number of halogens is 1. The number of carbonyl (C=O) groups excluding carboxylic acids is 1. The molecular formula is C16H15FO2S. The first-order chi connectivity index (χ1) is 9.61. The van der Waals surface area contributed by atoms with E-state index in [4.69, 9.17) is 4.74 Å². The zero-order valence-corrected chi connectivity index (χ0v) is 12.2. The number of benzene rings is 2. The molecule has 20 heavy (non-hydrogen) atoms. The largest absolute Gasteiger partial charge is 0.496 e. The van der Waals surface area contributed by atoms with E-state index in [1.165, 1.54) is 24.9 Å². The fraction of sp³-hybridized carbons (Fsp3) is 0.188. The summed E-state index contributed by atoms with van der Waals surface area (Å²) in [5, 5.41) is 0. The van der Waals surface area contributed by atoms with Gasteiger partial charge in [0.25, 0.3) is 0 Å². The highest BCUT2D eigenvalue weighted by Gasteiger charge is 2.13. The van der Waals surface area contributed by atoms with E-state index in [1.54, 1.807) is 30.3 Å². The van der Waals surface area contributed by atoms with Crippen LogP contribution in [0, 0.1) is 12.7 Å². The van der Waals surface area contributed by atoms with Gasteiger partial charge in [-0.05, 0) is 31.2 Å². The van der Waals surface area contributed by atoms with Gasteiger partial charge in [0, 0.05) is 4.90 Å². The summed E-state index contributed by atoms with van der Waals surface area (Å²) in [5.74, 6) is 0.357. The number of thioether (sulfide) groups is 1. The van der Waals surface area contributed by atoms with E-state index in [2.05, 4.69) is 0 Å². The Morgan fingerprint density at radius 3 is 2.70 bits per heavy atom. The second-order valence-corrected chi connectivity index (χ2v) is 5.36. The molecule has 0 unspecified atom stereocenters. The lowest BCUT2D eigenvalue weighted by Crippen LogP contribution is -2.05. The molecule has 0 aromatic heterocycles. The molecule has 0 fully saturated rings. The predicted octanol–water partition coefficient (Wildman–Crippen LogP) is 4.12. The molecule has 0 saturated carbocycles. The smallest absolute Gasteiger partial charge is 0.176 e. The quantitative estimate of drug-likeness (QED) is 0.612. The third-order valence-corrected chi connectivity index (χ3v) is 3.90. The SMILES string of the molecule is COc1ccc(C)cc1C(=O)CSc1ccccc1F. The molecule has 0 heterocycles. The lowest BCUT2D eigenvalue weighted by molar-refractivity contribution is 0.101. The maximum atomic E-state index is 13.5. The number of ketones is 1. The van der Waals surface area contributed by atoms with Crippen molar-refractivity contribution in [2.75, 3.05) is 12.9 Å². The van der Waals surface area contributed by atoms with E-state index in [1.807, 2.05) is 13.0 Å². The maximum absolute atomic E-state index is 13.5. The first kappa shape index (κ1) is 14.6. The van der Waals surface area contributed by atoms with Gasteiger partial charge in [0.2, 0.25) is 0 Å². The van der Waals surface area contributed by atoms with Crippen LogP contribution >= 0.6 is 11.8 Å². The van der Waals surface area contributed by atoms with Gasteiger partial charge in [0.1, 0.15) is 11.6 Å². The number of methoxy groups -OCH3 is 1. The second kappa shape index (κ2) is 6.57. The minimum atomic E-state index is -0.304. The number of rotatable bonds is 5. The average molecular weight is 290 g/mol. The van der Waals surface area contributed by atoms with Gasteiger partial charge in [-0.15, -0.1) is 11.8 Å². The lowest BCUT2D eigenvalue weighted by atomic mass is 10.1. The van der Waals surface area contributed by atoms with E-state index in [0.29, 0.717) is 16.2 Å². The molecule has 2 rings (SSSR count). The van der Waals surface area contributed by atoms with Crippen LogP contribution in [0.5, 0.6) is 5.75 Å². The van der Waals surface area contributed by atoms with Gasteiger partial charge in [-0.1, -0.05) is 23.8 Å². The van der Waals surface area contributed by atoms with Crippen molar-refractivity contribution in [3.05, 3.63) is 59.4 Å². The molecule has 0 bridgehead atoms. The van der Waals surface area contributed by atoms with Crippen LogP contribution < -0.4 is 4.74 Å². The van der Waals surface area contributed by atoms with Crippen molar-refractivity contribution in [3.8, 4) is 5.75 Å². The molecule has 104 valence electrons. The second-order valence-electron chi connectivity index (χ2n) is 4.35. The third kappa shape index (κ3) is 3.39. The van der Waals surface area contributed by atoms with E-state index < -0.39 is 0 Å². The molecule has 2 aromatic carbocycles. The van der Waals surface area contributed by atoms with Crippen LogP contribution in [-0.2, 0) is 0 Å². The Morgan fingerprint density at radius 2 is 2.00 bits per heavy atom. The monoisotopic (exact) mass is 290 g/mol. The van der Waals surface area contributed by atoms with Crippen molar-refractivity contribution in [1.82, 2.24) is 0 Å². The Labute approximate surface area is 122 Å². The van der Waals surface area contributed by atoms with Crippen molar-refractivity contribution in [2.45, 2.75) is 11.8 Å². The van der Waals surface area contributed by atoms with Gasteiger partial charge in [-0.2, -0.15) is 0 Å². The molecule has 0 N–H and O–H groups in total. The molecule has 0 radical (unpaired) electrons. The number of hydrogen-bond acceptors (Lipinski definition) is 3. The Kier molecular flexibility index (Phi) is 4.79. The summed E-state index contributed by atoms with van der Waals surface area (Å²) >= 11 is 1.19. The Bertz CT molecular complexity index is 626. The summed E-state index contributed by atoms with van der Waals surface area (Å²) in [6.07, 6.45) is 0. The number of Topliss-reactive ketones (excluding diaryl/α,β-unsaturated/α-hetero) is 1. The first-order valence-electron chi connectivity index (χ1n) is 6.17. The fourth-order valence-electron chi connectivity index (χ4n) is 1.82. The van der Waals surface area contributed by atoms with Gasteiger partial charge in [-0.25, -0.2) is 4.39 Å². The summed E-state index contributed by atoms with van der Waals surface area (Å²) < 4.78 is 18.7. The molecule has 2 aromatic rings. The Morgan fingerprint density at radius 1 is 1.25 bits per heavy atom. The molecule has 0 saturated heterocycles. The molecule has 0 amide bonds. The first-order valence-corrected chi connectivity index (χ1v) is 7.15. The predicted molar refractivity (Wildman–Crippen MR) is 79.2 cm³/mol. The lowest BCUT2D eigenvalue weighted by Gasteiger charge is -2.08. The van der Waals surface area contributed by atoms with Gasteiger partial charge in [0.05, 0.1) is 18.4 Å². The van der Waals surface area contributed by atoms with Crippen molar-refractivity contribution < 1.29 is 13.9 Å². The van der Waals surface area contributed by atoms with E-state index in [-0.39, 0.29) is 17.4 Å². The number of aryl methyl sites for hydroxylation is 1. The molecule has 4 heteroatoms. The van der Waals surface area contributed by atoms with Crippen LogP contribution in [0.2, 0.25) is 0 Å².